The van der Waals surface area contributed by atoms with Gasteiger partial charge in [0.05, 0.1) is 5.69 Å². The minimum absolute atomic E-state index is 0.161. The second-order valence-electron chi connectivity index (χ2n) is 8.71. The van der Waals surface area contributed by atoms with Crippen LogP contribution in [0.15, 0.2) is 64.4 Å². The lowest BCUT2D eigenvalue weighted by Crippen LogP contribution is -2.43. The van der Waals surface area contributed by atoms with Crippen molar-refractivity contribution in [3.8, 4) is 0 Å². The van der Waals surface area contributed by atoms with Crippen LogP contribution in [0.3, 0.4) is 0 Å². The van der Waals surface area contributed by atoms with E-state index in [1.807, 2.05) is 26.0 Å². The number of aromatic amines is 1. The number of hydrogen-bond acceptors (Lipinski definition) is 3. The Balaban J connectivity index is 1.40. The molecule has 0 spiro atoms. The molecule has 0 saturated carbocycles. The van der Waals surface area contributed by atoms with Gasteiger partial charge in [-0.1, -0.05) is 60.2 Å². The molecule has 1 aliphatic rings. The summed E-state index contributed by atoms with van der Waals surface area (Å²) in [5, 5.41) is 0. The van der Waals surface area contributed by atoms with Crippen LogP contribution in [0, 0.1) is 19.8 Å². The molecule has 3 N–H and O–H groups in total. The number of hydrogen-bond donors (Lipinski definition) is 2. The van der Waals surface area contributed by atoms with Crippen LogP contribution in [0.25, 0.3) is 0 Å². The van der Waals surface area contributed by atoms with Crippen LogP contribution in [0.1, 0.15) is 40.8 Å². The van der Waals surface area contributed by atoms with E-state index < -0.39 is 0 Å². The number of likely N-dealkylation sites (tertiary alicyclic amines) is 1. The molecule has 0 atom stereocenters. The number of benzene rings is 2. The lowest BCUT2D eigenvalue weighted by atomic mass is 9.90. The fourth-order valence-electron chi connectivity index (χ4n) is 4.26. The van der Waals surface area contributed by atoms with Crippen LogP contribution in [0.4, 0.5) is 5.95 Å². The summed E-state index contributed by atoms with van der Waals surface area (Å²) in [4.78, 5) is 26.5. The monoisotopic (exact) mass is 429 g/mol. The van der Waals surface area contributed by atoms with Gasteiger partial charge in [-0.25, -0.2) is 4.98 Å². The van der Waals surface area contributed by atoms with Crippen molar-refractivity contribution in [2.75, 3.05) is 13.1 Å². The van der Waals surface area contributed by atoms with Gasteiger partial charge in [-0.2, -0.15) is 4.99 Å². The zero-order valence-corrected chi connectivity index (χ0v) is 18.8. The third-order valence-electron chi connectivity index (χ3n) is 6.24. The highest BCUT2D eigenvalue weighted by atomic mass is 16.1. The fraction of sp³-hybridized carbons (Fsp3) is 0.346. The molecule has 6 nitrogen and oxygen atoms in total. The lowest BCUT2D eigenvalue weighted by molar-refractivity contribution is 0.263. The maximum atomic E-state index is 12.7. The second kappa shape index (κ2) is 9.81. The van der Waals surface area contributed by atoms with Crippen LogP contribution >= 0.6 is 0 Å². The van der Waals surface area contributed by atoms with E-state index >= 15 is 0 Å². The lowest BCUT2D eigenvalue weighted by Gasteiger charge is -2.32. The normalized spacial score (nSPS) is 15.2. The first-order valence-electron chi connectivity index (χ1n) is 11.3. The van der Waals surface area contributed by atoms with E-state index in [1.165, 1.54) is 11.1 Å². The van der Waals surface area contributed by atoms with Crippen LogP contribution in [-0.2, 0) is 12.8 Å². The van der Waals surface area contributed by atoms with Crippen molar-refractivity contribution in [1.82, 2.24) is 14.9 Å². The molecule has 1 fully saturated rings. The number of H-pyrrole nitrogens is 1. The van der Waals surface area contributed by atoms with Gasteiger partial charge in [-0.15, -0.1) is 0 Å². The zero-order valence-electron chi connectivity index (χ0n) is 18.8. The van der Waals surface area contributed by atoms with Gasteiger partial charge in [-0.05, 0) is 50.2 Å². The molecule has 1 saturated heterocycles. The highest BCUT2D eigenvalue weighted by molar-refractivity contribution is 5.80. The summed E-state index contributed by atoms with van der Waals surface area (Å²) in [6, 6.07) is 18.8. The Hall–Kier alpha value is -3.41. The summed E-state index contributed by atoms with van der Waals surface area (Å²) in [5.74, 6) is 1.34. The molecule has 4 rings (SSSR count). The molecule has 0 unspecified atom stereocenters. The van der Waals surface area contributed by atoms with Gasteiger partial charge in [0.15, 0.2) is 5.96 Å². The largest absolute Gasteiger partial charge is 0.369 e. The van der Waals surface area contributed by atoms with Gasteiger partial charge >= 0.3 is 0 Å². The quantitative estimate of drug-likeness (QED) is 0.476. The van der Waals surface area contributed by atoms with E-state index in [0.717, 1.165) is 37.9 Å². The summed E-state index contributed by atoms with van der Waals surface area (Å²) >= 11 is 0. The molecule has 0 aliphatic carbocycles. The maximum absolute atomic E-state index is 12.7. The van der Waals surface area contributed by atoms with E-state index in [4.69, 9.17) is 5.73 Å². The van der Waals surface area contributed by atoms with Gasteiger partial charge in [0, 0.05) is 25.1 Å². The predicted octanol–water partition coefficient (Wildman–Crippen LogP) is 3.88. The second-order valence-corrected chi connectivity index (χ2v) is 8.71. The third kappa shape index (κ3) is 5.44. The topological polar surface area (TPSA) is 87.4 Å². The van der Waals surface area contributed by atoms with Crippen molar-refractivity contribution in [3.63, 3.8) is 0 Å². The minimum atomic E-state index is -0.161. The summed E-state index contributed by atoms with van der Waals surface area (Å²) in [5.41, 5.74) is 11.1. The number of aromatic nitrogens is 2. The number of aryl methyl sites for hydroxylation is 2. The number of piperidine rings is 1. The first kappa shape index (κ1) is 21.8. The van der Waals surface area contributed by atoms with Crippen LogP contribution in [0.5, 0.6) is 0 Å². The Kier molecular flexibility index (Phi) is 6.69. The van der Waals surface area contributed by atoms with Crippen molar-refractivity contribution in [3.05, 3.63) is 92.9 Å². The molecule has 0 amide bonds. The summed E-state index contributed by atoms with van der Waals surface area (Å²) < 4.78 is 0. The summed E-state index contributed by atoms with van der Waals surface area (Å²) in [7, 11) is 0. The van der Waals surface area contributed by atoms with Gasteiger partial charge in [0.2, 0.25) is 5.95 Å². The molecule has 2 heterocycles. The Bertz CT molecular complexity index is 1130. The average Bonchev–Trinajstić information content (AvgIpc) is 2.79. The number of nitrogens with one attached hydrogen (secondary N) is 1. The number of nitrogens with two attached hydrogens (primary N) is 1. The van der Waals surface area contributed by atoms with Crippen LogP contribution < -0.4 is 11.3 Å². The van der Waals surface area contributed by atoms with E-state index in [-0.39, 0.29) is 11.5 Å². The highest BCUT2D eigenvalue weighted by Crippen LogP contribution is 2.22. The highest BCUT2D eigenvalue weighted by Gasteiger charge is 2.21. The molecule has 0 radical (unpaired) electrons. The van der Waals surface area contributed by atoms with Gasteiger partial charge in [-0.3, -0.25) is 9.78 Å². The maximum Gasteiger partial charge on any atom is 0.256 e. The Morgan fingerprint density at radius 2 is 1.75 bits per heavy atom. The molecule has 2 aromatic carbocycles. The Morgan fingerprint density at radius 1 is 1.06 bits per heavy atom. The molecule has 0 bridgehead atoms. The zero-order chi connectivity index (χ0) is 22.5. The molecule has 32 heavy (non-hydrogen) atoms. The van der Waals surface area contributed by atoms with E-state index in [2.05, 4.69) is 62.3 Å². The molecule has 1 aromatic heterocycles. The number of guanidine groups is 1. The molecule has 166 valence electrons. The van der Waals surface area contributed by atoms with Crippen molar-refractivity contribution < 1.29 is 0 Å². The summed E-state index contributed by atoms with van der Waals surface area (Å²) in [6.45, 7) is 5.62. The number of nitrogens with zero attached hydrogens (tertiary/aromatic N) is 3. The van der Waals surface area contributed by atoms with Crippen molar-refractivity contribution >= 4 is 11.9 Å². The van der Waals surface area contributed by atoms with E-state index in [9.17, 15) is 4.79 Å². The molecule has 6 heteroatoms. The van der Waals surface area contributed by atoms with E-state index in [1.54, 1.807) is 0 Å². The van der Waals surface area contributed by atoms with Crippen LogP contribution in [0.2, 0.25) is 0 Å². The fourth-order valence-corrected chi connectivity index (χ4v) is 4.26. The molecule has 1 aliphatic heterocycles. The SMILES string of the molecule is Cc1ccc(Cc2c(C)nc(/N=C(\N)N3CCC(Cc4ccccc4)CC3)[nH]c2=O)cc1. The molecular formula is C26H31N5O. The van der Waals surface area contributed by atoms with Crippen molar-refractivity contribution in [2.45, 2.75) is 39.5 Å². The van der Waals surface area contributed by atoms with Gasteiger partial charge < -0.3 is 10.6 Å². The average molecular weight is 430 g/mol. The molecular weight excluding hydrogens is 398 g/mol. The first-order valence-corrected chi connectivity index (χ1v) is 11.3. The van der Waals surface area contributed by atoms with Gasteiger partial charge in [0.25, 0.3) is 5.56 Å². The van der Waals surface area contributed by atoms with Crippen LogP contribution in [-0.4, -0.2) is 33.9 Å². The third-order valence-corrected chi connectivity index (χ3v) is 6.24. The smallest absolute Gasteiger partial charge is 0.256 e. The summed E-state index contributed by atoms with van der Waals surface area (Å²) in [6.07, 6.45) is 3.79. The van der Waals surface area contributed by atoms with E-state index in [0.29, 0.717) is 29.6 Å². The number of aliphatic imine (C=N–C) groups is 1. The molecule has 3 aromatic rings. The Morgan fingerprint density at radius 3 is 2.41 bits per heavy atom. The number of rotatable bonds is 5. The predicted molar refractivity (Wildman–Crippen MR) is 129 cm³/mol. The standard InChI is InChI=1S/C26H31N5O/c1-18-8-10-21(11-9-18)17-23-19(2)28-26(29-24(23)32)30-25(27)31-14-12-22(13-15-31)16-20-6-4-3-5-7-20/h3-11,22H,12-17H2,1-2H3,(H3,27,28,29,30,32). The minimum Gasteiger partial charge on any atom is -0.369 e. The van der Waals surface area contributed by atoms with Crippen molar-refractivity contribution in [2.24, 2.45) is 16.6 Å². The Labute approximate surface area is 189 Å². The van der Waals surface area contributed by atoms with Gasteiger partial charge in [0.1, 0.15) is 0 Å². The van der Waals surface area contributed by atoms with Crippen molar-refractivity contribution in [1.29, 1.82) is 0 Å². The first-order chi connectivity index (χ1) is 15.5.